The van der Waals surface area contributed by atoms with Crippen LogP contribution < -0.4 is 16.2 Å². The van der Waals surface area contributed by atoms with Gasteiger partial charge in [-0.3, -0.25) is 14.3 Å². The number of pyridine rings is 1. The highest BCUT2D eigenvalue weighted by Gasteiger charge is 2.26. The molecule has 2 atom stereocenters. The summed E-state index contributed by atoms with van der Waals surface area (Å²) in [7, 11) is 0. The maximum atomic E-state index is 14.7. The van der Waals surface area contributed by atoms with E-state index in [-0.39, 0.29) is 29.2 Å². The molecule has 2 aromatic heterocycles. The third-order valence-corrected chi connectivity index (χ3v) is 6.10. The predicted molar refractivity (Wildman–Crippen MR) is 132 cm³/mol. The number of halogens is 1. The molecule has 0 bridgehead atoms. The summed E-state index contributed by atoms with van der Waals surface area (Å²) in [5, 5.41) is 10.9. The third kappa shape index (κ3) is 5.62. The first-order valence-corrected chi connectivity index (χ1v) is 11.9. The van der Waals surface area contributed by atoms with Gasteiger partial charge in [-0.05, 0) is 57.7 Å². The Morgan fingerprint density at radius 1 is 1.32 bits per heavy atom. The van der Waals surface area contributed by atoms with Crippen LogP contribution in [0.2, 0.25) is 0 Å². The maximum absolute atomic E-state index is 14.7. The molecule has 1 amide bonds. The zero-order valence-corrected chi connectivity index (χ0v) is 19.9. The van der Waals surface area contributed by atoms with Crippen molar-refractivity contribution in [1.82, 2.24) is 25.4 Å². The molecule has 1 fully saturated rings. The summed E-state index contributed by atoms with van der Waals surface area (Å²) < 4.78 is 16.4. The Labute approximate surface area is 198 Å². The molecule has 180 valence electrons. The third-order valence-electron chi connectivity index (χ3n) is 6.10. The minimum atomic E-state index is -0.360. The van der Waals surface area contributed by atoms with Gasteiger partial charge in [0, 0.05) is 48.4 Å². The van der Waals surface area contributed by atoms with Gasteiger partial charge in [0.1, 0.15) is 5.82 Å². The monoisotopic (exact) mass is 465 g/mol. The Balaban J connectivity index is 1.54. The Kier molecular flexibility index (Phi) is 7.26. The van der Waals surface area contributed by atoms with E-state index in [0.717, 1.165) is 13.0 Å². The SMILES string of the molecule is CCn1ncc2c(F)cc(-c3ccc(C(CC=CCC(=O)NC(C)C)CC4CN4)c(=O)[nH]3)cc21. The minimum Gasteiger partial charge on any atom is -0.354 e. The van der Waals surface area contributed by atoms with Crippen LogP contribution in [-0.4, -0.2) is 39.3 Å². The number of hydrogen-bond acceptors (Lipinski definition) is 4. The molecule has 1 aliphatic heterocycles. The second-order valence-corrected chi connectivity index (χ2v) is 9.18. The molecular weight excluding hydrogens is 433 g/mol. The van der Waals surface area contributed by atoms with Crippen molar-refractivity contribution in [1.29, 1.82) is 0 Å². The van der Waals surface area contributed by atoms with Crippen LogP contribution in [0.1, 0.15) is 51.5 Å². The van der Waals surface area contributed by atoms with Crippen molar-refractivity contribution >= 4 is 16.8 Å². The van der Waals surface area contributed by atoms with Crippen LogP contribution in [-0.2, 0) is 11.3 Å². The first-order chi connectivity index (χ1) is 16.4. The fourth-order valence-corrected chi connectivity index (χ4v) is 4.29. The lowest BCUT2D eigenvalue weighted by Crippen LogP contribution is -2.29. The average molecular weight is 466 g/mol. The highest BCUT2D eigenvalue weighted by Crippen LogP contribution is 2.29. The van der Waals surface area contributed by atoms with E-state index in [9.17, 15) is 14.0 Å². The van der Waals surface area contributed by atoms with Gasteiger partial charge in [0.15, 0.2) is 0 Å². The standard InChI is InChI=1S/C26H32FN5O2/c1-4-32-24-13-18(12-22(27)21(24)15-29-32)23-10-9-20(26(34)31-23)17(11-19-14-28-19)7-5-6-8-25(33)30-16(2)3/h5-6,9-10,12-13,15-17,19,28H,4,7-8,11,14H2,1-3H3,(H,30,33)(H,31,34). The minimum absolute atomic E-state index is 0.0116. The molecule has 8 heteroatoms. The summed E-state index contributed by atoms with van der Waals surface area (Å²) in [6.07, 6.45) is 7.22. The van der Waals surface area contributed by atoms with Crippen molar-refractivity contribution in [2.75, 3.05) is 6.54 Å². The quantitative estimate of drug-likeness (QED) is 0.313. The fourth-order valence-electron chi connectivity index (χ4n) is 4.29. The summed E-state index contributed by atoms with van der Waals surface area (Å²) in [6.45, 7) is 7.40. The van der Waals surface area contributed by atoms with Gasteiger partial charge >= 0.3 is 0 Å². The smallest absolute Gasteiger partial charge is 0.251 e. The van der Waals surface area contributed by atoms with Crippen molar-refractivity contribution in [2.24, 2.45) is 0 Å². The number of aromatic amines is 1. The summed E-state index contributed by atoms with van der Waals surface area (Å²) in [6, 6.07) is 7.51. The summed E-state index contributed by atoms with van der Waals surface area (Å²) in [4.78, 5) is 27.9. The molecule has 1 saturated heterocycles. The number of H-pyrrole nitrogens is 1. The van der Waals surface area contributed by atoms with Gasteiger partial charge < -0.3 is 15.6 Å². The molecule has 0 saturated carbocycles. The van der Waals surface area contributed by atoms with Gasteiger partial charge in [-0.1, -0.05) is 18.2 Å². The second-order valence-electron chi connectivity index (χ2n) is 9.18. The number of fused-ring (bicyclic) bond motifs is 1. The molecule has 1 aromatic carbocycles. The number of nitrogens with zero attached hydrogens (tertiary/aromatic N) is 2. The number of benzene rings is 1. The molecule has 34 heavy (non-hydrogen) atoms. The van der Waals surface area contributed by atoms with Gasteiger partial charge in [-0.15, -0.1) is 0 Å². The second kappa shape index (κ2) is 10.3. The number of amides is 1. The highest BCUT2D eigenvalue weighted by atomic mass is 19.1. The van der Waals surface area contributed by atoms with E-state index in [1.54, 1.807) is 4.68 Å². The Morgan fingerprint density at radius 3 is 2.79 bits per heavy atom. The Bertz CT molecular complexity index is 1260. The summed E-state index contributed by atoms with van der Waals surface area (Å²) in [5.74, 6) is -0.341. The molecule has 3 aromatic rings. The molecule has 2 unspecified atom stereocenters. The van der Waals surface area contributed by atoms with E-state index in [2.05, 4.69) is 20.7 Å². The van der Waals surface area contributed by atoms with Gasteiger partial charge in [0.25, 0.3) is 5.56 Å². The van der Waals surface area contributed by atoms with Gasteiger partial charge in [0.05, 0.1) is 17.1 Å². The molecule has 0 spiro atoms. The molecule has 0 aliphatic carbocycles. The number of rotatable bonds is 10. The Hall–Kier alpha value is -3.26. The number of allylic oxidation sites excluding steroid dienone is 1. The van der Waals surface area contributed by atoms with E-state index in [1.165, 1.54) is 12.3 Å². The molecule has 7 nitrogen and oxygen atoms in total. The largest absolute Gasteiger partial charge is 0.354 e. The first kappa shape index (κ1) is 23.9. The first-order valence-electron chi connectivity index (χ1n) is 11.9. The number of aryl methyl sites for hydroxylation is 1. The summed E-state index contributed by atoms with van der Waals surface area (Å²) >= 11 is 0. The molecule has 4 rings (SSSR count). The molecule has 3 N–H and O–H groups in total. The topological polar surface area (TPSA) is 102 Å². The lowest BCUT2D eigenvalue weighted by atomic mass is 9.91. The van der Waals surface area contributed by atoms with E-state index in [0.29, 0.717) is 53.2 Å². The molecule has 0 radical (unpaired) electrons. The number of nitrogens with one attached hydrogen (secondary N) is 3. The van der Waals surface area contributed by atoms with E-state index in [4.69, 9.17) is 0 Å². The van der Waals surface area contributed by atoms with Crippen molar-refractivity contribution < 1.29 is 9.18 Å². The van der Waals surface area contributed by atoms with Crippen LogP contribution in [0, 0.1) is 5.82 Å². The molecule has 1 aliphatic rings. The van der Waals surface area contributed by atoms with Crippen LogP contribution in [0.25, 0.3) is 22.2 Å². The van der Waals surface area contributed by atoms with Crippen LogP contribution in [0.5, 0.6) is 0 Å². The van der Waals surface area contributed by atoms with Crippen LogP contribution in [0.4, 0.5) is 4.39 Å². The van der Waals surface area contributed by atoms with E-state index in [1.807, 2.05) is 51.1 Å². The number of carbonyl (C=O) groups is 1. The molecular formula is C26H32FN5O2. The Morgan fingerprint density at radius 2 is 2.12 bits per heavy atom. The zero-order valence-electron chi connectivity index (χ0n) is 19.9. The lowest BCUT2D eigenvalue weighted by Gasteiger charge is -2.15. The zero-order chi connectivity index (χ0) is 24.2. The van der Waals surface area contributed by atoms with E-state index < -0.39 is 0 Å². The van der Waals surface area contributed by atoms with Crippen molar-refractivity contribution in [3.05, 3.63) is 64.3 Å². The molecule has 3 heterocycles. The highest BCUT2D eigenvalue weighted by molar-refractivity contribution is 5.84. The average Bonchev–Trinajstić information content (AvgIpc) is 3.51. The fraction of sp³-hybridized carbons (Fsp3) is 0.423. The van der Waals surface area contributed by atoms with Crippen LogP contribution in [0.15, 0.2) is 47.4 Å². The van der Waals surface area contributed by atoms with Gasteiger partial charge in [-0.25, -0.2) is 4.39 Å². The van der Waals surface area contributed by atoms with Crippen molar-refractivity contribution in [2.45, 2.75) is 64.6 Å². The summed E-state index contributed by atoms with van der Waals surface area (Å²) in [5.41, 5.74) is 2.42. The lowest BCUT2D eigenvalue weighted by molar-refractivity contribution is -0.120. The van der Waals surface area contributed by atoms with Crippen molar-refractivity contribution in [3.63, 3.8) is 0 Å². The van der Waals surface area contributed by atoms with Crippen LogP contribution in [0.3, 0.4) is 0 Å². The van der Waals surface area contributed by atoms with Gasteiger partial charge in [-0.2, -0.15) is 5.10 Å². The van der Waals surface area contributed by atoms with Gasteiger partial charge in [0.2, 0.25) is 5.91 Å². The normalized spacial score (nSPS) is 16.4. The maximum Gasteiger partial charge on any atom is 0.251 e. The number of hydrogen-bond donors (Lipinski definition) is 3. The number of aromatic nitrogens is 3. The van der Waals surface area contributed by atoms with E-state index >= 15 is 0 Å². The number of carbonyl (C=O) groups excluding carboxylic acids is 1. The predicted octanol–water partition coefficient (Wildman–Crippen LogP) is 3.86. The van der Waals surface area contributed by atoms with Crippen LogP contribution >= 0.6 is 0 Å². The van der Waals surface area contributed by atoms with Crippen molar-refractivity contribution in [3.8, 4) is 11.3 Å².